The van der Waals surface area contributed by atoms with E-state index in [1.54, 1.807) is 4.57 Å². The van der Waals surface area contributed by atoms with E-state index in [1.165, 1.54) is 0 Å². The molecule has 0 fully saturated rings. The van der Waals surface area contributed by atoms with Crippen molar-refractivity contribution in [3.8, 4) is 34.0 Å². The van der Waals surface area contributed by atoms with Gasteiger partial charge in [-0.15, -0.1) is 0 Å². The Morgan fingerprint density at radius 1 is 1.02 bits per heavy atom. The van der Waals surface area contributed by atoms with Crippen molar-refractivity contribution < 1.29 is 9.26 Å². The van der Waals surface area contributed by atoms with Crippen LogP contribution in [0.3, 0.4) is 0 Å². The number of benzene rings is 3. The van der Waals surface area contributed by atoms with Gasteiger partial charge in [0.25, 0.3) is 5.56 Å². The van der Waals surface area contributed by atoms with Gasteiger partial charge >= 0.3 is 35.3 Å². The van der Waals surface area contributed by atoms with Crippen LogP contribution < -0.4 is 16.1 Å². The second kappa shape index (κ2) is 12.0. The molecule has 0 spiro atoms. The molecular weight excluding hydrogens is 527 g/mol. The van der Waals surface area contributed by atoms with E-state index in [9.17, 15) is 9.59 Å². The minimum atomic E-state index is -0.594. The number of aryl methyl sites for hydroxylation is 2. The summed E-state index contributed by atoms with van der Waals surface area (Å²) in [6.07, 6.45) is 3.08. The van der Waals surface area contributed by atoms with Gasteiger partial charge in [-0.1, -0.05) is 67.0 Å². The Morgan fingerprint density at radius 2 is 1.78 bits per heavy atom. The van der Waals surface area contributed by atoms with E-state index < -0.39 is 5.76 Å². The molecule has 0 bridgehead atoms. The summed E-state index contributed by atoms with van der Waals surface area (Å²) < 4.78 is 12.3. The number of ether oxygens (including phenoxy) is 1. The van der Waals surface area contributed by atoms with Crippen LogP contribution in [-0.4, -0.2) is 55.4 Å². The van der Waals surface area contributed by atoms with Gasteiger partial charge in [0.1, 0.15) is 17.7 Å². The molecule has 0 amide bonds. The molecule has 1 atom stereocenters. The van der Waals surface area contributed by atoms with Crippen molar-refractivity contribution in [1.82, 2.24) is 19.7 Å². The summed E-state index contributed by atoms with van der Waals surface area (Å²) in [5, 5.41) is 3.85. The van der Waals surface area contributed by atoms with Crippen LogP contribution in [0.5, 0.6) is 5.75 Å². The Morgan fingerprint density at radius 3 is 2.49 bits per heavy atom. The van der Waals surface area contributed by atoms with Crippen LogP contribution in [0.4, 0.5) is 0 Å². The number of H-pyrrole nitrogens is 1. The zero-order valence-corrected chi connectivity index (χ0v) is 22.7. The molecule has 1 aliphatic heterocycles. The molecule has 0 saturated heterocycles. The van der Waals surface area contributed by atoms with Crippen molar-refractivity contribution in [3.63, 3.8) is 0 Å². The van der Waals surface area contributed by atoms with Gasteiger partial charge in [-0.05, 0) is 60.7 Å². The minimum absolute atomic E-state index is 0. The first-order valence-electron chi connectivity index (χ1n) is 13.6. The molecule has 8 nitrogen and oxygen atoms in total. The maximum absolute atomic E-state index is 14.0. The van der Waals surface area contributed by atoms with Crippen LogP contribution in [0.15, 0.2) is 80.8 Å². The third-order valence-corrected chi connectivity index (χ3v) is 7.32. The predicted molar refractivity (Wildman–Crippen MR) is 160 cm³/mol. The summed E-state index contributed by atoms with van der Waals surface area (Å²) in [5.74, 6) is 1.35. The van der Waals surface area contributed by atoms with E-state index in [1.807, 2.05) is 73.7 Å². The summed E-state index contributed by atoms with van der Waals surface area (Å²) in [6, 6.07) is 21.7. The van der Waals surface area contributed by atoms with Crippen molar-refractivity contribution >= 4 is 29.6 Å². The Hall–Kier alpha value is -3.72. The van der Waals surface area contributed by atoms with Gasteiger partial charge in [-0.25, -0.2) is 9.78 Å². The van der Waals surface area contributed by atoms with Crippen molar-refractivity contribution in [3.05, 3.63) is 116 Å². The summed E-state index contributed by atoms with van der Waals surface area (Å²) in [7, 11) is 0. The van der Waals surface area contributed by atoms with Gasteiger partial charge in [0.05, 0.1) is 11.4 Å². The zero-order chi connectivity index (χ0) is 27.8. The van der Waals surface area contributed by atoms with E-state index in [0.29, 0.717) is 23.6 Å². The molecule has 2 aromatic heterocycles. The number of nitrogens with one attached hydrogen (secondary N) is 1. The van der Waals surface area contributed by atoms with E-state index in [2.05, 4.69) is 24.0 Å². The predicted octanol–water partition coefficient (Wildman–Crippen LogP) is 4.77. The van der Waals surface area contributed by atoms with Crippen LogP contribution >= 0.6 is 0 Å². The molecule has 0 radical (unpaired) electrons. The van der Waals surface area contributed by atoms with Gasteiger partial charge < -0.3 is 4.74 Å². The van der Waals surface area contributed by atoms with Gasteiger partial charge in [-0.2, -0.15) is 0 Å². The van der Waals surface area contributed by atoms with Crippen LogP contribution in [0, 0.1) is 6.92 Å². The number of fused-ring (bicyclic) bond motifs is 1. The third-order valence-electron chi connectivity index (χ3n) is 7.32. The van der Waals surface area contributed by atoms with Crippen molar-refractivity contribution in [1.29, 1.82) is 0 Å². The number of nitrogens with zero attached hydrogens (tertiary/aromatic N) is 3. The molecule has 3 aromatic carbocycles. The first-order valence-corrected chi connectivity index (χ1v) is 13.6. The fourth-order valence-electron chi connectivity index (χ4n) is 5.48. The zero-order valence-electron chi connectivity index (χ0n) is 22.7. The van der Waals surface area contributed by atoms with Gasteiger partial charge in [0, 0.05) is 24.0 Å². The average molecular weight is 559 g/mol. The molecule has 0 aliphatic carbocycles. The summed E-state index contributed by atoms with van der Waals surface area (Å²) in [4.78, 5) is 33.0. The second-order valence-electron chi connectivity index (χ2n) is 10.3. The molecule has 204 valence electrons. The Balaban J connectivity index is 0.00000337. The standard InChI is InChI=1S/C32H30N4O4.Na.H/c1-4-7-28-27(31(37)36(20(3)33-28)24-14-15-29-23(18-24)16-19(2)39-29)17-21-10-12-22(13-11-21)25-8-5-6-9-26(25)30-34-32(38)40-35-30;;/h5-6,8-15,18-19H,4,7,16-17H2,1-3H3,(H,34,35,38);;. The number of aromatic nitrogens is 4. The van der Waals surface area contributed by atoms with E-state index in [4.69, 9.17) is 14.2 Å². The van der Waals surface area contributed by atoms with Gasteiger partial charge in [0.15, 0.2) is 5.82 Å². The Labute approximate surface area is 259 Å². The van der Waals surface area contributed by atoms with E-state index in [0.717, 1.165) is 64.2 Å². The fourth-order valence-corrected chi connectivity index (χ4v) is 5.48. The molecule has 9 heteroatoms. The van der Waals surface area contributed by atoms with Crippen molar-refractivity contribution in [2.75, 3.05) is 0 Å². The van der Waals surface area contributed by atoms with Gasteiger partial charge in [0.2, 0.25) is 0 Å². The maximum atomic E-state index is 14.0. The topological polar surface area (TPSA) is 103 Å². The fraction of sp³-hybridized carbons (Fsp3) is 0.250. The Bertz CT molecular complexity index is 1820. The van der Waals surface area contributed by atoms with E-state index >= 15 is 0 Å². The van der Waals surface area contributed by atoms with Crippen molar-refractivity contribution in [2.24, 2.45) is 0 Å². The molecule has 41 heavy (non-hydrogen) atoms. The SMILES string of the molecule is CCCc1nc(C)n(-c2ccc3c(c2)CC(C)O3)c(=O)c1Cc1ccc(-c2ccccc2-c2noc(=O)[nH]2)cc1.[NaH]. The van der Waals surface area contributed by atoms with Crippen LogP contribution in [0.25, 0.3) is 28.2 Å². The molecule has 5 aromatic rings. The molecule has 6 rings (SSSR count). The summed E-state index contributed by atoms with van der Waals surface area (Å²) >= 11 is 0. The molecule has 1 N–H and O–H groups in total. The van der Waals surface area contributed by atoms with E-state index in [-0.39, 0.29) is 41.2 Å². The van der Waals surface area contributed by atoms with Crippen LogP contribution in [0.2, 0.25) is 0 Å². The monoisotopic (exact) mass is 558 g/mol. The second-order valence-corrected chi connectivity index (χ2v) is 10.3. The molecule has 3 heterocycles. The third kappa shape index (κ3) is 5.73. The van der Waals surface area contributed by atoms with Crippen LogP contribution in [-0.2, 0) is 19.3 Å². The molecule has 1 unspecified atom stereocenters. The quantitative estimate of drug-likeness (QED) is 0.289. The number of hydrogen-bond donors (Lipinski definition) is 1. The molecule has 1 aliphatic rings. The summed E-state index contributed by atoms with van der Waals surface area (Å²) in [6.45, 7) is 6.04. The van der Waals surface area contributed by atoms with Crippen molar-refractivity contribution in [2.45, 2.75) is 52.6 Å². The molecular formula is C32H31N4NaO4. The first kappa shape index (κ1) is 28.8. The van der Waals surface area contributed by atoms with Gasteiger partial charge in [-0.3, -0.25) is 18.9 Å². The molecule has 0 saturated carbocycles. The van der Waals surface area contributed by atoms with Crippen LogP contribution in [0.1, 0.15) is 48.5 Å². The number of rotatable bonds is 7. The summed E-state index contributed by atoms with van der Waals surface area (Å²) in [5.41, 5.74) is 7.12. The Kier molecular flexibility index (Phi) is 8.45. The normalized spacial score (nSPS) is 13.9. The first-order chi connectivity index (χ1) is 19.4. The number of aromatic amines is 1. The average Bonchev–Trinajstić information content (AvgIpc) is 3.55. The number of hydrogen-bond acceptors (Lipinski definition) is 6.